The van der Waals surface area contributed by atoms with E-state index in [0.717, 1.165) is 5.57 Å². The van der Waals surface area contributed by atoms with Crippen molar-refractivity contribution < 1.29 is 24.2 Å². The summed E-state index contributed by atoms with van der Waals surface area (Å²) in [6, 6.07) is 0. The van der Waals surface area contributed by atoms with Crippen molar-refractivity contribution in [3.63, 3.8) is 0 Å². The molecule has 0 amide bonds. The fourth-order valence-corrected chi connectivity index (χ4v) is 4.81. The Bertz CT molecular complexity index is 539. The third kappa shape index (κ3) is 2.09. The van der Waals surface area contributed by atoms with Gasteiger partial charge in [0.15, 0.2) is 0 Å². The number of hydrogen-bond acceptors (Lipinski definition) is 5. The van der Waals surface area contributed by atoms with Gasteiger partial charge < -0.3 is 14.6 Å². The highest BCUT2D eigenvalue weighted by molar-refractivity contribution is 5.75. The molecule has 0 radical (unpaired) electrons. The molecule has 0 spiro atoms. The van der Waals surface area contributed by atoms with Crippen LogP contribution in [0.2, 0.25) is 0 Å². The van der Waals surface area contributed by atoms with Crippen LogP contribution in [0.3, 0.4) is 0 Å². The van der Waals surface area contributed by atoms with Crippen molar-refractivity contribution in [1.29, 1.82) is 0 Å². The lowest BCUT2D eigenvalue weighted by Gasteiger charge is -2.53. The van der Waals surface area contributed by atoms with Gasteiger partial charge in [0.25, 0.3) is 0 Å². The van der Waals surface area contributed by atoms with E-state index in [2.05, 4.69) is 0 Å². The summed E-state index contributed by atoms with van der Waals surface area (Å²) in [6.45, 7) is 7.27. The molecule has 1 aliphatic heterocycles. The third-order valence-electron chi connectivity index (χ3n) is 5.92. The number of rotatable bonds is 1. The molecule has 0 aromatic heterocycles. The topological polar surface area (TPSA) is 72.8 Å². The van der Waals surface area contributed by atoms with Crippen LogP contribution in [0.15, 0.2) is 11.6 Å². The molecule has 0 aromatic rings. The van der Waals surface area contributed by atoms with Gasteiger partial charge in [-0.3, -0.25) is 9.59 Å². The fraction of sp³-hybridized carbons (Fsp3) is 0.765. The van der Waals surface area contributed by atoms with Gasteiger partial charge in [0, 0.05) is 24.2 Å². The molecule has 5 heteroatoms. The van der Waals surface area contributed by atoms with Crippen LogP contribution in [0.4, 0.5) is 0 Å². The number of ether oxygens (including phenoxy) is 2. The SMILES string of the molecule is CC(=O)OC1CC2(C)C(O)CC=C(C)C2C2OC(=O)C(C)C12. The zero-order valence-electron chi connectivity index (χ0n) is 13.5. The van der Waals surface area contributed by atoms with E-state index in [1.807, 2.05) is 26.8 Å². The molecule has 1 saturated heterocycles. The van der Waals surface area contributed by atoms with Crippen LogP contribution in [0.1, 0.15) is 40.5 Å². The smallest absolute Gasteiger partial charge is 0.309 e. The molecule has 0 aromatic carbocycles. The van der Waals surface area contributed by atoms with Gasteiger partial charge in [0.05, 0.1) is 12.0 Å². The Hall–Kier alpha value is -1.36. The van der Waals surface area contributed by atoms with Gasteiger partial charge in [0.2, 0.25) is 0 Å². The summed E-state index contributed by atoms with van der Waals surface area (Å²) < 4.78 is 11.2. The summed E-state index contributed by atoms with van der Waals surface area (Å²) in [7, 11) is 0. The average molecular weight is 308 g/mol. The first-order chi connectivity index (χ1) is 10.3. The first kappa shape index (κ1) is 15.5. The Morgan fingerprint density at radius 2 is 2.18 bits per heavy atom. The highest BCUT2D eigenvalue weighted by Crippen LogP contribution is 2.57. The molecule has 122 valence electrons. The van der Waals surface area contributed by atoms with Crippen LogP contribution < -0.4 is 0 Å². The molecule has 2 aliphatic carbocycles. The molecule has 22 heavy (non-hydrogen) atoms. The van der Waals surface area contributed by atoms with E-state index in [4.69, 9.17) is 9.47 Å². The van der Waals surface area contributed by atoms with Gasteiger partial charge in [-0.25, -0.2) is 0 Å². The van der Waals surface area contributed by atoms with Gasteiger partial charge in [0.1, 0.15) is 12.2 Å². The largest absolute Gasteiger partial charge is 0.462 e. The maximum absolute atomic E-state index is 12.1. The molecule has 1 saturated carbocycles. The average Bonchev–Trinajstić information content (AvgIpc) is 2.70. The maximum atomic E-state index is 12.1. The quantitative estimate of drug-likeness (QED) is 0.591. The molecule has 5 nitrogen and oxygen atoms in total. The number of carbonyl (C=O) groups is 2. The molecule has 7 atom stereocenters. The lowest BCUT2D eigenvalue weighted by molar-refractivity contribution is -0.175. The van der Waals surface area contributed by atoms with Crippen molar-refractivity contribution in [2.45, 2.75) is 58.8 Å². The Morgan fingerprint density at radius 3 is 2.82 bits per heavy atom. The lowest BCUT2D eigenvalue weighted by Crippen LogP contribution is -2.58. The predicted molar refractivity (Wildman–Crippen MR) is 78.7 cm³/mol. The number of aliphatic hydroxyl groups is 1. The van der Waals surface area contributed by atoms with E-state index < -0.39 is 11.5 Å². The Morgan fingerprint density at radius 1 is 1.50 bits per heavy atom. The van der Waals surface area contributed by atoms with Gasteiger partial charge in [-0.15, -0.1) is 0 Å². The van der Waals surface area contributed by atoms with Gasteiger partial charge in [-0.1, -0.05) is 25.5 Å². The van der Waals surface area contributed by atoms with E-state index in [9.17, 15) is 14.7 Å². The molecule has 7 unspecified atom stereocenters. The second-order valence-electron chi connectivity index (χ2n) is 7.30. The van der Waals surface area contributed by atoms with E-state index in [-0.39, 0.29) is 41.9 Å². The van der Waals surface area contributed by atoms with Gasteiger partial charge in [-0.2, -0.15) is 0 Å². The second kappa shape index (κ2) is 5.08. The standard InChI is InChI=1S/C17H24O5/c1-8-5-6-12(19)17(4)7-11(21-10(3)18)13-9(2)16(20)22-15(13)14(8)17/h5,9,11-15,19H,6-7H2,1-4H3. The first-order valence-electron chi connectivity index (χ1n) is 7.98. The third-order valence-corrected chi connectivity index (χ3v) is 5.92. The molecular formula is C17H24O5. The van der Waals surface area contributed by atoms with E-state index in [0.29, 0.717) is 12.8 Å². The van der Waals surface area contributed by atoms with Crippen LogP contribution in [0.5, 0.6) is 0 Å². The normalized spacial score (nSPS) is 47.1. The number of carbonyl (C=O) groups excluding carboxylic acids is 2. The number of esters is 2. The van der Waals surface area contributed by atoms with Crippen molar-refractivity contribution in [2.75, 3.05) is 0 Å². The fourth-order valence-electron chi connectivity index (χ4n) is 4.81. The van der Waals surface area contributed by atoms with Gasteiger partial charge in [-0.05, 0) is 19.8 Å². The van der Waals surface area contributed by atoms with Crippen LogP contribution in [0, 0.1) is 23.2 Å². The van der Waals surface area contributed by atoms with Gasteiger partial charge >= 0.3 is 11.9 Å². The summed E-state index contributed by atoms with van der Waals surface area (Å²) in [4.78, 5) is 23.6. The number of aliphatic hydroxyl groups excluding tert-OH is 1. The Kier molecular flexibility index (Phi) is 3.59. The first-order valence-corrected chi connectivity index (χ1v) is 7.98. The molecule has 0 bridgehead atoms. The van der Waals surface area contributed by atoms with E-state index in [1.54, 1.807) is 0 Å². The second-order valence-corrected chi connectivity index (χ2v) is 7.30. The Balaban J connectivity index is 2.04. The van der Waals surface area contributed by atoms with Crippen LogP contribution >= 0.6 is 0 Å². The summed E-state index contributed by atoms with van der Waals surface area (Å²) in [5.74, 6) is -1.02. The lowest BCUT2D eigenvalue weighted by atomic mass is 9.54. The summed E-state index contributed by atoms with van der Waals surface area (Å²) in [5, 5.41) is 10.6. The van der Waals surface area contributed by atoms with Crippen LogP contribution in [-0.4, -0.2) is 35.4 Å². The zero-order chi connectivity index (χ0) is 16.2. The van der Waals surface area contributed by atoms with E-state index in [1.165, 1.54) is 6.92 Å². The zero-order valence-corrected chi connectivity index (χ0v) is 13.5. The molecule has 3 aliphatic rings. The summed E-state index contributed by atoms with van der Waals surface area (Å²) in [5.41, 5.74) is 0.718. The minimum Gasteiger partial charge on any atom is -0.462 e. The molecule has 1 N–H and O–H groups in total. The number of fused-ring (bicyclic) bond motifs is 3. The molecule has 3 rings (SSSR count). The summed E-state index contributed by atoms with van der Waals surface area (Å²) >= 11 is 0. The minimum absolute atomic E-state index is 0.0121. The maximum Gasteiger partial charge on any atom is 0.309 e. The predicted octanol–water partition coefficient (Wildman–Crippen LogP) is 1.83. The number of hydrogen-bond donors (Lipinski definition) is 1. The van der Waals surface area contributed by atoms with Crippen molar-refractivity contribution in [3.8, 4) is 0 Å². The van der Waals surface area contributed by atoms with Crippen molar-refractivity contribution in [1.82, 2.24) is 0 Å². The highest BCUT2D eigenvalue weighted by atomic mass is 16.6. The van der Waals surface area contributed by atoms with Crippen molar-refractivity contribution in [2.24, 2.45) is 23.2 Å². The molecule has 1 heterocycles. The van der Waals surface area contributed by atoms with Crippen LogP contribution in [0.25, 0.3) is 0 Å². The highest BCUT2D eigenvalue weighted by Gasteiger charge is 2.62. The minimum atomic E-state index is -0.519. The molecular weight excluding hydrogens is 284 g/mol. The monoisotopic (exact) mass is 308 g/mol. The Labute approximate surface area is 130 Å². The van der Waals surface area contributed by atoms with Crippen molar-refractivity contribution >= 4 is 11.9 Å². The molecule has 2 fully saturated rings. The van der Waals surface area contributed by atoms with E-state index >= 15 is 0 Å². The van der Waals surface area contributed by atoms with Crippen LogP contribution in [-0.2, 0) is 19.1 Å². The summed E-state index contributed by atoms with van der Waals surface area (Å²) in [6.07, 6.45) is 1.97. The van der Waals surface area contributed by atoms with Crippen molar-refractivity contribution in [3.05, 3.63) is 11.6 Å².